The molecule has 2 fully saturated rings. The molecule has 0 N–H and O–H groups in total. The lowest BCUT2D eigenvalue weighted by atomic mass is 10.1. The van der Waals surface area contributed by atoms with E-state index in [4.69, 9.17) is 4.74 Å². The topological polar surface area (TPSA) is 50.1 Å². The van der Waals surface area contributed by atoms with Crippen molar-refractivity contribution in [3.05, 3.63) is 23.0 Å². The predicted octanol–water partition coefficient (Wildman–Crippen LogP) is 2.63. The van der Waals surface area contributed by atoms with Gasteiger partial charge in [0.2, 0.25) is 0 Å². The van der Waals surface area contributed by atoms with Crippen LogP contribution in [0.25, 0.3) is 4.96 Å². The molecule has 1 atom stereocenters. The van der Waals surface area contributed by atoms with Crippen molar-refractivity contribution in [2.45, 2.75) is 45.2 Å². The molecule has 0 aliphatic carbocycles. The number of hydrogen-bond donors (Lipinski definition) is 0. The smallest absolute Gasteiger partial charge is 0.274 e. The lowest BCUT2D eigenvalue weighted by Gasteiger charge is -2.35. The number of fused-ring (bicyclic) bond motifs is 1. The second-order valence-electron chi connectivity index (χ2n) is 6.95. The molecule has 2 aliphatic heterocycles. The van der Waals surface area contributed by atoms with Gasteiger partial charge in [-0.2, -0.15) is 0 Å². The standard InChI is InChI=1S/C18H26N4O2S/c1-2-5-14-13-24-10-8-21(14)12-15-16(17(23)20-6-3-4-7-20)19-18-22(15)9-11-25-18/h9,11,14H,2-8,10,12-13H2,1H3/t14-/m0/s1. The first-order chi connectivity index (χ1) is 12.3. The molecule has 0 bridgehead atoms. The molecular formula is C18H26N4O2S. The Labute approximate surface area is 152 Å². The quantitative estimate of drug-likeness (QED) is 0.820. The van der Waals surface area contributed by atoms with Crippen molar-refractivity contribution in [3.8, 4) is 0 Å². The van der Waals surface area contributed by atoms with E-state index in [1.54, 1.807) is 11.3 Å². The molecule has 2 aliphatic rings. The molecule has 4 rings (SSSR count). The molecule has 2 aromatic rings. The van der Waals surface area contributed by atoms with Crippen LogP contribution < -0.4 is 0 Å². The molecular weight excluding hydrogens is 336 g/mol. The average molecular weight is 362 g/mol. The highest BCUT2D eigenvalue weighted by molar-refractivity contribution is 7.15. The van der Waals surface area contributed by atoms with E-state index in [2.05, 4.69) is 21.2 Å². The Balaban J connectivity index is 1.64. The molecule has 136 valence electrons. The fourth-order valence-corrected chi connectivity index (χ4v) is 4.65. The number of imidazole rings is 1. The first-order valence-electron chi connectivity index (χ1n) is 9.33. The number of ether oxygens (including phenoxy) is 1. The maximum absolute atomic E-state index is 13.0. The second-order valence-corrected chi connectivity index (χ2v) is 7.82. The molecule has 0 unspecified atom stereocenters. The van der Waals surface area contributed by atoms with E-state index in [0.29, 0.717) is 11.7 Å². The summed E-state index contributed by atoms with van der Waals surface area (Å²) in [5.74, 6) is 0.101. The van der Waals surface area contributed by atoms with Crippen LogP contribution in [0.4, 0.5) is 0 Å². The number of thiazole rings is 1. The van der Waals surface area contributed by atoms with Crippen molar-refractivity contribution in [1.82, 2.24) is 19.2 Å². The summed E-state index contributed by atoms with van der Waals surface area (Å²) in [7, 11) is 0. The fraction of sp³-hybridized carbons (Fsp3) is 0.667. The van der Waals surface area contributed by atoms with E-state index >= 15 is 0 Å². The van der Waals surface area contributed by atoms with Gasteiger partial charge in [0.1, 0.15) is 0 Å². The molecule has 0 spiro atoms. The minimum atomic E-state index is 0.101. The maximum Gasteiger partial charge on any atom is 0.274 e. The molecule has 6 nitrogen and oxygen atoms in total. The van der Waals surface area contributed by atoms with E-state index in [9.17, 15) is 4.79 Å². The number of rotatable bonds is 5. The normalized spacial score (nSPS) is 22.1. The molecule has 25 heavy (non-hydrogen) atoms. The number of amides is 1. The SMILES string of the molecule is CCC[C@H]1COCCN1Cc1c(C(=O)N2CCCC2)nc2sccn12. The third-order valence-corrected chi connectivity index (χ3v) is 6.04. The van der Waals surface area contributed by atoms with Gasteiger partial charge < -0.3 is 9.64 Å². The van der Waals surface area contributed by atoms with Gasteiger partial charge in [0, 0.05) is 43.8 Å². The van der Waals surface area contributed by atoms with Crippen molar-refractivity contribution >= 4 is 22.2 Å². The van der Waals surface area contributed by atoms with Gasteiger partial charge in [0.15, 0.2) is 10.7 Å². The van der Waals surface area contributed by atoms with Gasteiger partial charge in [-0.1, -0.05) is 13.3 Å². The minimum absolute atomic E-state index is 0.101. The Morgan fingerprint density at radius 1 is 1.36 bits per heavy atom. The van der Waals surface area contributed by atoms with Crippen LogP contribution in [0.2, 0.25) is 0 Å². The molecule has 1 amide bonds. The van der Waals surface area contributed by atoms with E-state index in [1.807, 2.05) is 16.5 Å². The van der Waals surface area contributed by atoms with Crippen LogP contribution in [0, 0.1) is 0 Å². The number of hydrogen-bond acceptors (Lipinski definition) is 5. The first kappa shape index (κ1) is 17.0. The summed E-state index contributed by atoms with van der Waals surface area (Å²) >= 11 is 1.59. The lowest BCUT2D eigenvalue weighted by molar-refractivity contribution is -0.0154. The fourth-order valence-electron chi connectivity index (χ4n) is 3.91. The summed E-state index contributed by atoms with van der Waals surface area (Å²) in [5, 5.41) is 2.04. The van der Waals surface area contributed by atoms with Crippen LogP contribution in [0.3, 0.4) is 0 Å². The maximum atomic E-state index is 13.0. The van der Waals surface area contributed by atoms with E-state index < -0.39 is 0 Å². The largest absolute Gasteiger partial charge is 0.378 e. The lowest BCUT2D eigenvalue weighted by Crippen LogP contribution is -2.45. The minimum Gasteiger partial charge on any atom is -0.378 e. The van der Waals surface area contributed by atoms with Crippen molar-refractivity contribution in [2.24, 2.45) is 0 Å². The van der Waals surface area contributed by atoms with Gasteiger partial charge in [-0.25, -0.2) is 4.98 Å². The monoisotopic (exact) mass is 362 g/mol. The Morgan fingerprint density at radius 2 is 2.20 bits per heavy atom. The van der Waals surface area contributed by atoms with Gasteiger partial charge in [0.25, 0.3) is 5.91 Å². The molecule has 2 saturated heterocycles. The zero-order chi connectivity index (χ0) is 17.2. The average Bonchev–Trinajstić information content (AvgIpc) is 3.34. The Bertz CT molecular complexity index is 733. The highest BCUT2D eigenvalue weighted by Crippen LogP contribution is 2.24. The van der Waals surface area contributed by atoms with E-state index in [0.717, 1.165) is 75.7 Å². The highest BCUT2D eigenvalue weighted by atomic mass is 32.1. The first-order valence-corrected chi connectivity index (χ1v) is 10.2. The Morgan fingerprint density at radius 3 is 3.00 bits per heavy atom. The molecule has 0 saturated carbocycles. The van der Waals surface area contributed by atoms with Crippen LogP contribution >= 0.6 is 11.3 Å². The highest BCUT2D eigenvalue weighted by Gasteiger charge is 2.29. The van der Waals surface area contributed by atoms with Crippen LogP contribution in [-0.4, -0.2) is 64.0 Å². The Hall–Kier alpha value is -1.44. The molecule has 4 heterocycles. The second kappa shape index (κ2) is 7.43. The van der Waals surface area contributed by atoms with Crippen LogP contribution in [0.15, 0.2) is 11.6 Å². The van der Waals surface area contributed by atoms with E-state index in [-0.39, 0.29) is 5.91 Å². The number of aromatic nitrogens is 2. The summed E-state index contributed by atoms with van der Waals surface area (Å²) in [6.07, 6.45) is 6.51. The summed E-state index contributed by atoms with van der Waals surface area (Å²) in [5.41, 5.74) is 1.69. The van der Waals surface area contributed by atoms with Gasteiger partial charge >= 0.3 is 0 Å². The number of carbonyl (C=O) groups is 1. The predicted molar refractivity (Wildman–Crippen MR) is 98.1 cm³/mol. The van der Waals surface area contributed by atoms with Crippen molar-refractivity contribution in [1.29, 1.82) is 0 Å². The zero-order valence-electron chi connectivity index (χ0n) is 14.8. The number of nitrogens with zero attached hydrogens (tertiary/aromatic N) is 4. The van der Waals surface area contributed by atoms with Gasteiger partial charge in [-0.05, 0) is 19.3 Å². The van der Waals surface area contributed by atoms with Crippen molar-refractivity contribution in [3.63, 3.8) is 0 Å². The molecule has 0 radical (unpaired) electrons. The Kier molecular flexibility index (Phi) is 5.05. The molecule has 7 heteroatoms. The summed E-state index contributed by atoms with van der Waals surface area (Å²) in [6.45, 7) is 7.17. The molecule has 2 aromatic heterocycles. The van der Waals surface area contributed by atoms with Gasteiger partial charge in [-0.3, -0.25) is 14.1 Å². The third kappa shape index (κ3) is 3.32. The third-order valence-electron chi connectivity index (χ3n) is 5.28. The van der Waals surface area contributed by atoms with Gasteiger partial charge in [0.05, 0.1) is 18.9 Å². The summed E-state index contributed by atoms with van der Waals surface area (Å²) in [6, 6.07) is 0.428. The zero-order valence-corrected chi connectivity index (χ0v) is 15.6. The summed E-state index contributed by atoms with van der Waals surface area (Å²) in [4.78, 5) is 23.0. The van der Waals surface area contributed by atoms with Crippen LogP contribution in [0.5, 0.6) is 0 Å². The number of likely N-dealkylation sites (tertiary alicyclic amines) is 1. The van der Waals surface area contributed by atoms with Crippen molar-refractivity contribution in [2.75, 3.05) is 32.8 Å². The van der Waals surface area contributed by atoms with Crippen molar-refractivity contribution < 1.29 is 9.53 Å². The van der Waals surface area contributed by atoms with E-state index in [1.165, 1.54) is 0 Å². The summed E-state index contributed by atoms with van der Waals surface area (Å²) < 4.78 is 7.78. The molecule has 0 aromatic carbocycles. The van der Waals surface area contributed by atoms with Crippen LogP contribution in [0.1, 0.15) is 48.8 Å². The van der Waals surface area contributed by atoms with Crippen LogP contribution in [-0.2, 0) is 11.3 Å². The van der Waals surface area contributed by atoms with Gasteiger partial charge in [-0.15, -0.1) is 11.3 Å². The number of morpholine rings is 1. The number of carbonyl (C=O) groups excluding carboxylic acids is 1.